The highest BCUT2D eigenvalue weighted by Crippen LogP contribution is 2.45. The first-order chi connectivity index (χ1) is 6.89. The van der Waals surface area contributed by atoms with E-state index >= 15 is 0 Å². The lowest BCUT2D eigenvalue weighted by molar-refractivity contribution is -0.254. The fourth-order valence-electron chi connectivity index (χ4n) is 2.90. The molecule has 1 aliphatic heterocycles. The Balaban J connectivity index is 1.53. The molecule has 0 spiro atoms. The van der Waals surface area contributed by atoms with E-state index in [2.05, 4.69) is 0 Å². The third-order valence-electron chi connectivity index (χ3n) is 4.33. The predicted octanol–water partition coefficient (Wildman–Crippen LogP) is 2.51. The molecule has 0 amide bonds. The summed E-state index contributed by atoms with van der Waals surface area (Å²) in [7, 11) is 0. The number of hydrogen-bond donors (Lipinski definition) is 0. The van der Waals surface area contributed by atoms with Gasteiger partial charge in [-0.1, -0.05) is 12.8 Å². The molecule has 2 atom stereocenters. The molecule has 2 unspecified atom stereocenters. The van der Waals surface area contributed by atoms with Gasteiger partial charge in [0.15, 0.2) is 0 Å². The molecule has 0 radical (unpaired) electrons. The lowest BCUT2D eigenvalue weighted by Gasteiger charge is -2.52. The zero-order valence-corrected chi connectivity index (χ0v) is 8.84. The predicted molar refractivity (Wildman–Crippen MR) is 54.2 cm³/mol. The van der Waals surface area contributed by atoms with Crippen molar-refractivity contribution in [1.82, 2.24) is 0 Å². The van der Waals surface area contributed by atoms with Crippen LogP contribution in [0.15, 0.2) is 0 Å². The van der Waals surface area contributed by atoms with Crippen LogP contribution >= 0.6 is 0 Å². The Morgan fingerprint density at radius 2 is 2.07 bits per heavy atom. The van der Waals surface area contributed by atoms with Crippen LogP contribution in [0.5, 0.6) is 0 Å². The average molecular weight is 196 g/mol. The molecule has 14 heavy (non-hydrogen) atoms. The molecule has 0 aromatic rings. The number of hydrogen-bond acceptors (Lipinski definition) is 2. The average Bonchev–Trinajstić information content (AvgIpc) is 2.08. The lowest BCUT2D eigenvalue weighted by Crippen LogP contribution is -2.58. The second-order valence-corrected chi connectivity index (χ2v) is 5.18. The molecule has 2 aliphatic carbocycles. The van der Waals surface area contributed by atoms with Gasteiger partial charge in [-0.2, -0.15) is 0 Å². The van der Waals surface area contributed by atoms with Crippen LogP contribution in [0.4, 0.5) is 0 Å². The monoisotopic (exact) mass is 196 g/mol. The maximum atomic E-state index is 5.92. The van der Waals surface area contributed by atoms with Crippen LogP contribution in [0.3, 0.4) is 0 Å². The Labute approximate surface area is 86.0 Å². The van der Waals surface area contributed by atoms with Crippen molar-refractivity contribution >= 4 is 0 Å². The van der Waals surface area contributed by atoms with Crippen LogP contribution in [0, 0.1) is 5.92 Å². The van der Waals surface area contributed by atoms with Crippen molar-refractivity contribution in [3.8, 4) is 0 Å². The minimum absolute atomic E-state index is 0.161. The summed E-state index contributed by atoms with van der Waals surface area (Å²) in [4.78, 5) is 0. The summed E-state index contributed by atoms with van der Waals surface area (Å²) in [6, 6.07) is 0. The Morgan fingerprint density at radius 1 is 1.14 bits per heavy atom. The zero-order chi connectivity index (χ0) is 9.43. The molecule has 80 valence electrons. The number of ether oxygens (including phenoxy) is 2. The highest BCUT2D eigenvalue weighted by molar-refractivity contribution is 4.98. The fraction of sp³-hybridized carbons (Fsp3) is 1.00. The van der Waals surface area contributed by atoms with Gasteiger partial charge in [0.25, 0.3) is 0 Å². The highest BCUT2D eigenvalue weighted by Gasteiger charge is 2.50. The molecule has 1 heterocycles. The van der Waals surface area contributed by atoms with Gasteiger partial charge in [0.1, 0.15) is 0 Å². The maximum Gasteiger partial charge on any atom is 0.0964 e. The molecule has 2 nitrogen and oxygen atoms in total. The van der Waals surface area contributed by atoms with E-state index in [0.717, 1.165) is 19.1 Å². The largest absolute Gasteiger partial charge is 0.375 e. The second kappa shape index (κ2) is 3.49. The molecule has 3 rings (SSSR count). The van der Waals surface area contributed by atoms with Crippen molar-refractivity contribution in [1.29, 1.82) is 0 Å². The first-order valence-electron chi connectivity index (χ1n) is 6.15. The van der Waals surface area contributed by atoms with Crippen molar-refractivity contribution in [2.75, 3.05) is 13.2 Å². The fourth-order valence-corrected chi connectivity index (χ4v) is 2.90. The third kappa shape index (κ3) is 1.40. The van der Waals surface area contributed by atoms with E-state index in [9.17, 15) is 0 Å². The minimum Gasteiger partial charge on any atom is -0.375 e. The van der Waals surface area contributed by atoms with E-state index in [1.54, 1.807) is 0 Å². The van der Waals surface area contributed by atoms with Gasteiger partial charge in [0.2, 0.25) is 0 Å². The molecule has 0 bridgehead atoms. The SMILES string of the molecule is C1CC(OCC23CCCCC2CO3)C1. The summed E-state index contributed by atoms with van der Waals surface area (Å²) in [6.45, 7) is 1.87. The summed E-state index contributed by atoms with van der Waals surface area (Å²) in [5, 5.41) is 0. The highest BCUT2D eigenvalue weighted by atomic mass is 16.6. The zero-order valence-electron chi connectivity index (χ0n) is 8.84. The third-order valence-corrected chi connectivity index (χ3v) is 4.33. The van der Waals surface area contributed by atoms with Crippen LogP contribution < -0.4 is 0 Å². The van der Waals surface area contributed by atoms with Gasteiger partial charge in [-0.05, 0) is 32.1 Å². The summed E-state index contributed by atoms with van der Waals surface area (Å²) in [5.74, 6) is 0.816. The molecular formula is C12H20O2. The molecule has 3 aliphatic rings. The number of fused-ring (bicyclic) bond motifs is 1. The molecule has 1 saturated heterocycles. The lowest BCUT2D eigenvalue weighted by atomic mass is 9.72. The standard InChI is InChI=1S/C12H20O2/c1-2-7-12(10(4-1)8-14-12)9-13-11-5-3-6-11/h10-11H,1-9H2. The summed E-state index contributed by atoms with van der Waals surface area (Å²) >= 11 is 0. The van der Waals surface area contributed by atoms with Gasteiger partial charge in [0.05, 0.1) is 24.9 Å². The molecule has 3 fully saturated rings. The van der Waals surface area contributed by atoms with Crippen LogP contribution in [0.1, 0.15) is 44.9 Å². The summed E-state index contributed by atoms with van der Waals surface area (Å²) in [5.41, 5.74) is 0.161. The molecule has 2 heteroatoms. The van der Waals surface area contributed by atoms with E-state index in [1.165, 1.54) is 44.9 Å². The van der Waals surface area contributed by atoms with Crippen molar-refractivity contribution < 1.29 is 9.47 Å². The summed E-state index contributed by atoms with van der Waals surface area (Å²) < 4.78 is 11.7. The normalized spacial score (nSPS) is 42.4. The number of rotatable bonds is 3. The molecular weight excluding hydrogens is 176 g/mol. The molecule has 0 aromatic heterocycles. The Bertz CT molecular complexity index is 212. The Morgan fingerprint density at radius 3 is 2.64 bits per heavy atom. The minimum atomic E-state index is 0.161. The molecule has 0 N–H and O–H groups in total. The Hall–Kier alpha value is -0.0800. The van der Waals surface area contributed by atoms with Gasteiger partial charge >= 0.3 is 0 Å². The Kier molecular flexibility index (Phi) is 2.29. The maximum absolute atomic E-state index is 5.92. The molecule has 0 aromatic carbocycles. The van der Waals surface area contributed by atoms with Gasteiger partial charge in [-0.3, -0.25) is 0 Å². The second-order valence-electron chi connectivity index (χ2n) is 5.18. The first-order valence-corrected chi connectivity index (χ1v) is 6.15. The van der Waals surface area contributed by atoms with E-state index in [-0.39, 0.29) is 5.60 Å². The van der Waals surface area contributed by atoms with E-state index in [4.69, 9.17) is 9.47 Å². The van der Waals surface area contributed by atoms with Crippen LogP contribution in [-0.4, -0.2) is 24.9 Å². The van der Waals surface area contributed by atoms with Crippen LogP contribution in [0.2, 0.25) is 0 Å². The van der Waals surface area contributed by atoms with Gasteiger partial charge in [0, 0.05) is 5.92 Å². The molecule has 2 saturated carbocycles. The smallest absolute Gasteiger partial charge is 0.0964 e. The van der Waals surface area contributed by atoms with Crippen molar-refractivity contribution in [2.24, 2.45) is 5.92 Å². The van der Waals surface area contributed by atoms with Crippen molar-refractivity contribution in [3.63, 3.8) is 0 Å². The first kappa shape index (κ1) is 9.17. The van der Waals surface area contributed by atoms with Crippen LogP contribution in [0.25, 0.3) is 0 Å². The topological polar surface area (TPSA) is 18.5 Å². The summed E-state index contributed by atoms with van der Waals surface area (Å²) in [6.07, 6.45) is 9.84. The van der Waals surface area contributed by atoms with Gasteiger partial charge in [-0.25, -0.2) is 0 Å². The van der Waals surface area contributed by atoms with E-state index in [1.807, 2.05) is 0 Å². The van der Waals surface area contributed by atoms with Crippen LogP contribution in [-0.2, 0) is 9.47 Å². The van der Waals surface area contributed by atoms with E-state index < -0.39 is 0 Å². The van der Waals surface area contributed by atoms with Gasteiger partial charge in [-0.15, -0.1) is 0 Å². The van der Waals surface area contributed by atoms with Crippen molar-refractivity contribution in [3.05, 3.63) is 0 Å². The van der Waals surface area contributed by atoms with Gasteiger partial charge < -0.3 is 9.47 Å². The quantitative estimate of drug-likeness (QED) is 0.690. The van der Waals surface area contributed by atoms with E-state index in [0.29, 0.717) is 6.10 Å². The van der Waals surface area contributed by atoms with Crippen molar-refractivity contribution in [2.45, 2.75) is 56.7 Å².